The molecule has 5 heteroatoms. The second-order valence-electron chi connectivity index (χ2n) is 4.29. The normalized spacial score (nSPS) is 10.5. The first-order chi connectivity index (χ1) is 8.99. The van der Waals surface area contributed by atoms with Gasteiger partial charge in [-0.1, -0.05) is 11.6 Å². The molecule has 2 N–H and O–H groups in total. The number of halogens is 2. The summed E-state index contributed by atoms with van der Waals surface area (Å²) in [5.41, 5.74) is 9.20. The predicted molar refractivity (Wildman–Crippen MR) is 73.9 cm³/mol. The highest BCUT2D eigenvalue weighted by molar-refractivity contribution is 6.32. The maximum absolute atomic E-state index is 12.9. The Morgan fingerprint density at radius 3 is 2.79 bits per heavy atom. The largest absolute Gasteiger partial charge is 0.486 e. The zero-order valence-corrected chi connectivity index (χ0v) is 11.5. The molecule has 1 aromatic heterocycles. The standard InChI is InChI=1S/C14H14ClFN2O/c1-8-6-18-12(9(2)14(8)17)7-19-13-4-3-10(16)5-11(13)15/h3-6H,7H2,1-2H3,(H2,17,18). The summed E-state index contributed by atoms with van der Waals surface area (Å²) in [4.78, 5) is 4.28. The van der Waals surface area contributed by atoms with Gasteiger partial charge in [-0.05, 0) is 43.2 Å². The van der Waals surface area contributed by atoms with Crippen molar-refractivity contribution in [2.45, 2.75) is 20.5 Å². The van der Waals surface area contributed by atoms with Gasteiger partial charge in [-0.3, -0.25) is 4.98 Å². The summed E-state index contributed by atoms with van der Waals surface area (Å²) in [5.74, 6) is 0.0228. The summed E-state index contributed by atoms with van der Waals surface area (Å²) in [7, 11) is 0. The zero-order chi connectivity index (χ0) is 14.0. The fourth-order valence-electron chi connectivity index (χ4n) is 1.68. The Morgan fingerprint density at radius 2 is 2.11 bits per heavy atom. The van der Waals surface area contributed by atoms with Gasteiger partial charge in [0.25, 0.3) is 0 Å². The summed E-state index contributed by atoms with van der Waals surface area (Å²) in [6.07, 6.45) is 1.70. The summed E-state index contributed by atoms with van der Waals surface area (Å²) in [6.45, 7) is 4.03. The van der Waals surface area contributed by atoms with E-state index in [2.05, 4.69) is 4.98 Å². The number of nitrogens with zero attached hydrogens (tertiary/aromatic N) is 1. The Balaban J connectivity index is 2.17. The number of aryl methyl sites for hydroxylation is 1. The van der Waals surface area contributed by atoms with Crippen molar-refractivity contribution < 1.29 is 9.13 Å². The van der Waals surface area contributed by atoms with E-state index in [-0.39, 0.29) is 11.6 Å². The number of benzene rings is 1. The van der Waals surface area contributed by atoms with E-state index in [1.54, 1.807) is 6.20 Å². The van der Waals surface area contributed by atoms with Crippen molar-refractivity contribution in [3.05, 3.63) is 52.1 Å². The molecule has 100 valence electrons. The van der Waals surface area contributed by atoms with Gasteiger partial charge in [0.1, 0.15) is 18.2 Å². The lowest BCUT2D eigenvalue weighted by Crippen LogP contribution is -2.05. The topological polar surface area (TPSA) is 48.1 Å². The molecule has 0 aliphatic heterocycles. The van der Waals surface area contributed by atoms with Gasteiger partial charge in [-0.15, -0.1) is 0 Å². The van der Waals surface area contributed by atoms with E-state index < -0.39 is 5.82 Å². The van der Waals surface area contributed by atoms with Crippen LogP contribution in [0.5, 0.6) is 5.75 Å². The average Bonchev–Trinajstić information content (AvgIpc) is 2.37. The molecule has 0 aliphatic rings. The van der Waals surface area contributed by atoms with Gasteiger partial charge in [0, 0.05) is 11.9 Å². The van der Waals surface area contributed by atoms with Gasteiger partial charge in [0.05, 0.1) is 10.7 Å². The molecule has 0 saturated heterocycles. The Morgan fingerprint density at radius 1 is 1.37 bits per heavy atom. The van der Waals surface area contributed by atoms with E-state index in [1.165, 1.54) is 18.2 Å². The summed E-state index contributed by atoms with van der Waals surface area (Å²) >= 11 is 5.88. The Bertz CT molecular complexity index is 617. The highest BCUT2D eigenvalue weighted by atomic mass is 35.5. The number of rotatable bonds is 3. The third-order valence-corrected chi connectivity index (χ3v) is 3.23. The van der Waals surface area contributed by atoms with Crippen LogP contribution in [0.15, 0.2) is 24.4 Å². The van der Waals surface area contributed by atoms with Crippen LogP contribution in [-0.2, 0) is 6.61 Å². The van der Waals surface area contributed by atoms with Crippen molar-refractivity contribution in [1.82, 2.24) is 4.98 Å². The van der Waals surface area contributed by atoms with E-state index >= 15 is 0 Å². The van der Waals surface area contributed by atoms with Gasteiger partial charge < -0.3 is 10.5 Å². The highest BCUT2D eigenvalue weighted by Crippen LogP contribution is 2.26. The van der Waals surface area contributed by atoms with Crippen LogP contribution in [0.2, 0.25) is 5.02 Å². The molecule has 1 heterocycles. The molecule has 0 unspecified atom stereocenters. The van der Waals surface area contributed by atoms with Crippen LogP contribution in [-0.4, -0.2) is 4.98 Å². The number of anilines is 1. The van der Waals surface area contributed by atoms with Gasteiger partial charge in [0.2, 0.25) is 0 Å². The lowest BCUT2D eigenvalue weighted by Gasteiger charge is -2.12. The van der Waals surface area contributed by atoms with Crippen LogP contribution in [0.1, 0.15) is 16.8 Å². The lowest BCUT2D eigenvalue weighted by molar-refractivity contribution is 0.300. The van der Waals surface area contributed by atoms with E-state index in [0.29, 0.717) is 11.4 Å². The monoisotopic (exact) mass is 280 g/mol. The molecule has 2 aromatic rings. The molecule has 0 radical (unpaired) electrons. The van der Waals surface area contributed by atoms with Crippen molar-refractivity contribution in [3.8, 4) is 5.75 Å². The molecule has 0 saturated carbocycles. The number of aromatic nitrogens is 1. The Kier molecular flexibility index (Phi) is 3.90. The smallest absolute Gasteiger partial charge is 0.138 e. The van der Waals surface area contributed by atoms with Gasteiger partial charge in [0.15, 0.2) is 0 Å². The maximum atomic E-state index is 12.9. The minimum absolute atomic E-state index is 0.234. The summed E-state index contributed by atoms with van der Waals surface area (Å²) in [5, 5.41) is 0.234. The molecule has 2 rings (SSSR count). The molecule has 0 aliphatic carbocycles. The number of ether oxygens (including phenoxy) is 1. The zero-order valence-electron chi connectivity index (χ0n) is 10.7. The fraction of sp³-hybridized carbons (Fsp3) is 0.214. The van der Waals surface area contributed by atoms with Crippen molar-refractivity contribution in [1.29, 1.82) is 0 Å². The van der Waals surface area contributed by atoms with Crippen LogP contribution in [0.3, 0.4) is 0 Å². The molecule has 0 atom stereocenters. The number of hydrogen-bond donors (Lipinski definition) is 1. The summed E-state index contributed by atoms with van der Waals surface area (Å²) < 4.78 is 18.4. The third kappa shape index (κ3) is 2.96. The van der Waals surface area contributed by atoms with Gasteiger partial charge in [-0.25, -0.2) is 4.39 Å². The number of hydrogen-bond acceptors (Lipinski definition) is 3. The first-order valence-electron chi connectivity index (χ1n) is 5.77. The van der Waals surface area contributed by atoms with Crippen molar-refractivity contribution in [2.24, 2.45) is 0 Å². The minimum Gasteiger partial charge on any atom is -0.486 e. The molecule has 0 fully saturated rings. The Labute approximate surface area is 116 Å². The molecule has 3 nitrogen and oxygen atoms in total. The second kappa shape index (κ2) is 5.45. The van der Waals surface area contributed by atoms with Crippen molar-refractivity contribution >= 4 is 17.3 Å². The number of pyridine rings is 1. The third-order valence-electron chi connectivity index (χ3n) is 2.93. The molecule has 0 bridgehead atoms. The molecule has 19 heavy (non-hydrogen) atoms. The van der Waals surface area contributed by atoms with Crippen LogP contribution in [0, 0.1) is 19.7 Å². The van der Waals surface area contributed by atoms with Gasteiger partial charge in [-0.2, -0.15) is 0 Å². The first kappa shape index (κ1) is 13.6. The molecular weight excluding hydrogens is 267 g/mol. The minimum atomic E-state index is -0.397. The van der Waals surface area contributed by atoms with Crippen molar-refractivity contribution in [2.75, 3.05) is 5.73 Å². The SMILES string of the molecule is Cc1cnc(COc2ccc(F)cc2Cl)c(C)c1N. The van der Waals surface area contributed by atoms with E-state index in [1.807, 2.05) is 13.8 Å². The van der Waals surface area contributed by atoms with Crippen LogP contribution >= 0.6 is 11.6 Å². The molecule has 0 amide bonds. The summed E-state index contributed by atoms with van der Waals surface area (Å²) in [6, 6.07) is 4.00. The maximum Gasteiger partial charge on any atom is 0.138 e. The molecule has 1 aromatic carbocycles. The van der Waals surface area contributed by atoms with Crippen molar-refractivity contribution in [3.63, 3.8) is 0 Å². The fourth-order valence-corrected chi connectivity index (χ4v) is 1.90. The van der Waals surface area contributed by atoms with Crippen LogP contribution in [0.25, 0.3) is 0 Å². The Hall–Kier alpha value is -1.81. The van der Waals surface area contributed by atoms with E-state index in [9.17, 15) is 4.39 Å². The average molecular weight is 281 g/mol. The highest BCUT2D eigenvalue weighted by Gasteiger charge is 2.08. The lowest BCUT2D eigenvalue weighted by atomic mass is 10.1. The molecular formula is C14H14ClFN2O. The van der Waals surface area contributed by atoms with E-state index in [0.717, 1.165) is 16.8 Å². The number of nitrogen functional groups attached to an aromatic ring is 1. The van der Waals surface area contributed by atoms with E-state index in [4.69, 9.17) is 22.1 Å². The predicted octanol–water partition coefficient (Wildman–Crippen LogP) is 3.65. The number of nitrogens with two attached hydrogens (primary N) is 1. The van der Waals surface area contributed by atoms with Crippen LogP contribution in [0.4, 0.5) is 10.1 Å². The first-order valence-corrected chi connectivity index (χ1v) is 6.15. The van der Waals surface area contributed by atoms with Crippen LogP contribution < -0.4 is 10.5 Å². The molecule has 0 spiro atoms. The quantitative estimate of drug-likeness (QED) is 0.933. The van der Waals surface area contributed by atoms with Gasteiger partial charge >= 0.3 is 0 Å². The second-order valence-corrected chi connectivity index (χ2v) is 4.70.